The summed E-state index contributed by atoms with van der Waals surface area (Å²) in [7, 11) is 0. The number of likely N-dealkylation sites (tertiary alicyclic amines) is 1. The van der Waals surface area contributed by atoms with Gasteiger partial charge in [-0.3, -0.25) is 9.59 Å². The van der Waals surface area contributed by atoms with Crippen LogP contribution >= 0.6 is 0 Å². The van der Waals surface area contributed by atoms with Crippen molar-refractivity contribution in [3.8, 4) is 11.3 Å². The van der Waals surface area contributed by atoms with Gasteiger partial charge in [-0.1, -0.05) is 36.9 Å². The van der Waals surface area contributed by atoms with Gasteiger partial charge in [-0.25, -0.2) is 9.97 Å². The Hall–Kier alpha value is -3.48. The van der Waals surface area contributed by atoms with Crippen molar-refractivity contribution in [2.24, 2.45) is 0 Å². The molecule has 0 spiro atoms. The Balaban J connectivity index is 1.66. The average molecular weight is 375 g/mol. The first-order valence-corrected chi connectivity index (χ1v) is 9.27. The zero-order chi connectivity index (χ0) is 19.5. The van der Waals surface area contributed by atoms with Gasteiger partial charge in [-0.05, 0) is 24.5 Å². The van der Waals surface area contributed by atoms with E-state index in [9.17, 15) is 9.59 Å². The van der Waals surface area contributed by atoms with Crippen LogP contribution in [0.5, 0.6) is 0 Å². The minimum absolute atomic E-state index is 0.0175. The molecular formula is C21H21N5O2. The fraction of sp³-hybridized carbons (Fsp3) is 0.238. The van der Waals surface area contributed by atoms with E-state index in [2.05, 4.69) is 26.8 Å². The first kappa shape index (κ1) is 17.9. The Kier molecular flexibility index (Phi) is 4.89. The summed E-state index contributed by atoms with van der Waals surface area (Å²) in [4.78, 5) is 38.3. The Labute approximate surface area is 162 Å². The topological polar surface area (TPSA) is 91.0 Å². The first-order valence-electron chi connectivity index (χ1n) is 9.27. The highest BCUT2D eigenvalue weighted by atomic mass is 16.2. The van der Waals surface area contributed by atoms with E-state index in [1.165, 1.54) is 12.4 Å². The molecule has 1 unspecified atom stereocenters. The van der Waals surface area contributed by atoms with Crippen LogP contribution in [0.25, 0.3) is 22.3 Å². The van der Waals surface area contributed by atoms with Gasteiger partial charge in [0.1, 0.15) is 23.2 Å². The molecule has 7 nitrogen and oxygen atoms in total. The zero-order valence-electron chi connectivity index (χ0n) is 15.4. The predicted molar refractivity (Wildman–Crippen MR) is 109 cm³/mol. The lowest BCUT2D eigenvalue weighted by molar-refractivity contribution is -0.127. The minimum atomic E-state index is -0.148. The standard InChI is InChI=1S/C21H21N5O2/c1-2-18(28)26-10-6-9-15(12-26)24-20-19-17(27)11-16(14-7-4-3-5-8-14)25-21(19)23-13-22-20/h2-5,7-8,11,13,15H,1,6,9-10,12H2,(H2,22,23,24,25,27). The number of anilines is 1. The number of hydrogen-bond donors (Lipinski definition) is 2. The molecule has 1 aliphatic rings. The van der Waals surface area contributed by atoms with E-state index in [1.807, 2.05) is 30.3 Å². The molecular weight excluding hydrogens is 354 g/mol. The Morgan fingerprint density at radius 1 is 1.29 bits per heavy atom. The fourth-order valence-corrected chi connectivity index (χ4v) is 3.58. The van der Waals surface area contributed by atoms with Gasteiger partial charge in [0.05, 0.1) is 5.69 Å². The molecule has 7 heteroatoms. The lowest BCUT2D eigenvalue weighted by Crippen LogP contribution is -2.44. The van der Waals surface area contributed by atoms with Gasteiger partial charge in [0.15, 0.2) is 5.43 Å². The van der Waals surface area contributed by atoms with E-state index in [4.69, 9.17) is 0 Å². The van der Waals surface area contributed by atoms with Crippen molar-refractivity contribution in [3.05, 3.63) is 65.6 Å². The van der Waals surface area contributed by atoms with Crippen LogP contribution in [0.15, 0.2) is 60.2 Å². The van der Waals surface area contributed by atoms with Crippen LogP contribution in [0.4, 0.5) is 5.82 Å². The second-order valence-corrected chi connectivity index (χ2v) is 6.83. The number of carbonyl (C=O) groups is 1. The third kappa shape index (κ3) is 3.51. The molecule has 4 rings (SSSR count). The van der Waals surface area contributed by atoms with E-state index < -0.39 is 0 Å². The largest absolute Gasteiger partial charge is 0.365 e. The van der Waals surface area contributed by atoms with E-state index in [-0.39, 0.29) is 17.4 Å². The van der Waals surface area contributed by atoms with Crippen molar-refractivity contribution in [1.82, 2.24) is 19.9 Å². The number of H-pyrrole nitrogens is 1. The van der Waals surface area contributed by atoms with Gasteiger partial charge >= 0.3 is 0 Å². The summed E-state index contributed by atoms with van der Waals surface area (Å²) in [5.74, 6) is 0.410. The van der Waals surface area contributed by atoms with Crippen molar-refractivity contribution in [3.63, 3.8) is 0 Å². The molecule has 2 N–H and O–H groups in total. The maximum Gasteiger partial charge on any atom is 0.246 e. The van der Waals surface area contributed by atoms with Gasteiger partial charge in [0.2, 0.25) is 5.91 Å². The molecule has 28 heavy (non-hydrogen) atoms. The Morgan fingerprint density at radius 3 is 2.89 bits per heavy atom. The molecule has 1 atom stereocenters. The molecule has 0 bridgehead atoms. The number of fused-ring (bicyclic) bond motifs is 1. The second-order valence-electron chi connectivity index (χ2n) is 6.83. The maximum atomic E-state index is 12.8. The molecule has 1 saturated heterocycles. The number of aromatic amines is 1. The monoisotopic (exact) mass is 375 g/mol. The van der Waals surface area contributed by atoms with E-state index in [0.29, 0.717) is 35.6 Å². The van der Waals surface area contributed by atoms with Crippen LogP contribution < -0.4 is 10.7 Å². The average Bonchev–Trinajstić information content (AvgIpc) is 2.74. The zero-order valence-corrected chi connectivity index (χ0v) is 15.4. The molecule has 3 heterocycles. The number of benzene rings is 1. The molecule has 3 aromatic rings. The fourth-order valence-electron chi connectivity index (χ4n) is 3.58. The summed E-state index contributed by atoms with van der Waals surface area (Å²) >= 11 is 0. The van der Waals surface area contributed by atoms with Gasteiger partial charge < -0.3 is 15.2 Å². The first-order chi connectivity index (χ1) is 13.7. The summed E-state index contributed by atoms with van der Waals surface area (Å²) in [6, 6.07) is 11.2. The van der Waals surface area contributed by atoms with Crippen LogP contribution in [0.3, 0.4) is 0 Å². The summed E-state index contributed by atoms with van der Waals surface area (Å²) in [5, 5.41) is 3.76. The molecule has 2 aromatic heterocycles. The maximum absolute atomic E-state index is 12.8. The van der Waals surface area contributed by atoms with E-state index >= 15 is 0 Å². The molecule has 1 aromatic carbocycles. The summed E-state index contributed by atoms with van der Waals surface area (Å²) in [6.45, 7) is 4.82. The van der Waals surface area contributed by atoms with Crippen molar-refractivity contribution in [2.45, 2.75) is 18.9 Å². The number of pyridine rings is 1. The SMILES string of the molecule is C=CC(=O)N1CCCC(Nc2ncnc3[nH]c(-c4ccccc4)cc(=O)c23)C1. The van der Waals surface area contributed by atoms with Gasteiger partial charge in [0.25, 0.3) is 0 Å². The number of amides is 1. The highest BCUT2D eigenvalue weighted by Crippen LogP contribution is 2.22. The van der Waals surface area contributed by atoms with Crippen LogP contribution in [-0.2, 0) is 4.79 Å². The molecule has 0 saturated carbocycles. The predicted octanol–water partition coefficient (Wildman–Crippen LogP) is 2.57. The molecule has 1 aliphatic heterocycles. The highest BCUT2D eigenvalue weighted by Gasteiger charge is 2.23. The molecule has 0 radical (unpaired) electrons. The van der Waals surface area contributed by atoms with Crippen LogP contribution in [0, 0.1) is 0 Å². The van der Waals surface area contributed by atoms with Crippen molar-refractivity contribution < 1.29 is 4.79 Å². The highest BCUT2D eigenvalue weighted by molar-refractivity contribution is 5.88. The summed E-state index contributed by atoms with van der Waals surface area (Å²) in [6.07, 6.45) is 4.55. The van der Waals surface area contributed by atoms with Crippen molar-refractivity contribution in [1.29, 1.82) is 0 Å². The van der Waals surface area contributed by atoms with E-state index in [0.717, 1.165) is 18.4 Å². The normalized spacial score (nSPS) is 16.7. The summed E-state index contributed by atoms with van der Waals surface area (Å²) < 4.78 is 0. The Morgan fingerprint density at radius 2 is 2.11 bits per heavy atom. The number of aromatic nitrogens is 3. The van der Waals surface area contributed by atoms with Crippen LogP contribution in [-0.4, -0.2) is 44.9 Å². The molecule has 142 valence electrons. The minimum Gasteiger partial charge on any atom is -0.365 e. The van der Waals surface area contributed by atoms with Gasteiger partial charge in [-0.15, -0.1) is 0 Å². The van der Waals surface area contributed by atoms with Crippen LogP contribution in [0.1, 0.15) is 12.8 Å². The van der Waals surface area contributed by atoms with Gasteiger partial charge in [-0.2, -0.15) is 0 Å². The number of hydrogen-bond acceptors (Lipinski definition) is 5. The number of nitrogens with one attached hydrogen (secondary N) is 2. The number of carbonyl (C=O) groups excluding carboxylic acids is 1. The van der Waals surface area contributed by atoms with Crippen molar-refractivity contribution in [2.75, 3.05) is 18.4 Å². The van der Waals surface area contributed by atoms with Gasteiger partial charge in [0, 0.05) is 25.2 Å². The third-order valence-corrected chi connectivity index (χ3v) is 4.96. The number of rotatable bonds is 4. The lowest BCUT2D eigenvalue weighted by Gasteiger charge is -2.32. The Bertz CT molecular complexity index is 1080. The number of nitrogens with zero attached hydrogens (tertiary/aromatic N) is 3. The van der Waals surface area contributed by atoms with Crippen molar-refractivity contribution >= 4 is 22.8 Å². The number of piperidine rings is 1. The molecule has 1 fully saturated rings. The molecule has 0 aliphatic carbocycles. The van der Waals surface area contributed by atoms with Crippen LogP contribution in [0.2, 0.25) is 0 Å². The third-order valence-electron chi connectivity index (χ3n) is 4.96. The molecule has 1 amide bonds. The summed E-state index contributed by atoms with van der Waals surface area (Å²) in [5.41, 5.74) is 1.97. The van der Waals surface area contributed by atoms with E-state index in [1.54, 1.807) is 11.0 Å². The quantitative estimate of drug-likeness (QED) is 0.684. The second kappa shape index (κ2) is 7.64. The lowest BCUT2D eigenvalue weighted by atomic mass is 10.1. The smallest absolute Gasteiger partial charge is 0.246 e.